The van der Waals surface area contributed by atoms with E-state index in [4.69, 9.17) is 11.6 Å². The summed E-state index contributed by atoms with van der Waals surface area (Å²) in [5, 5.41) is 0.565. The second-order valence-electron chi connectivity index (χ2n) is 1.98. The number of nitrogens with zero attached hydrogens (tertiary/aromatic N) is 1. The molecule has 0 amide bonds. The van der Waals surface area contributed by atoms with Gasteiger partial charge < -0.3 is 0 Å². The highest BCUT2D eigenvalue weighted by Gasteiger charge is 1.96. The van der Waals surface area contributed by atoms with Crippen LogP contribution in [0.1, 0.15) is 5.56 Å². The molecule has 1 nitrogen and oxygen atoms in total. The largest absolute Gasteiger partial charge is 0.243 e. The van der Waals surface area contributed by atoms with Crippen molar-refractivity contribution < 1.29 is 0 Å². The molecular weight excluding hydrogens is 166 g/mol. The van der Waals surface area contributed by atoms with E-state index in [1.807, 2.05) is 19.2 Å². The second kappa shape index (κ2) is 3.26. The molecule has 0 N–H and O–H groups in total. The van der Waals surface area contributed by atoms with Gasteiger partial charge in [-0.25, -0.2) is 4.98 Å². The van der Waals surface area contributed by atoms with E-state index in [0.29, 0.717) is 5.15 Å². The number of hydrogen-bond acceptors (Lipinski definition) is 2. The molecule has 0 radical (unpaired) electrons. The lowest BCUT2D eigenvalue weighted by Gasteiger charge is -1.99. The van der Waals surface area contributed by atoms with Gasteiger partial charge in [0, 0.05) is 11.1 Å². The van der Waals surface area contributed by atoms with E-state index < -0.39 is 0 Å². The molecule has 0 atom stereocenters. The van der Waals surface area contributed by atoms with Crippen LogP contribution in [0.25, 0.3) is 0 Å². The first-order valence-corrected chi connectivity index (χ1v) is 4.50. The quantitative estimate of drug-likeness (QED) is 0.479. The predicted molar refractivity (Wildman–Crippen MR) is 45.8 cm³/mol. The van der Waals surface area contributed by atoms with Crippen molar-refractivity contribution in [1.29, 1.82) is 0 Å². The van der Waals surface area contributed by atoms with Crippen LogP contribution in [0.5, 0.6) is 0 Å². The fraction of sp³-hybridized carbons (Fsp3) is 0.286. The van der Waals surface area contributed by atoms with Crippen LogP contribution in [-0.4, -0.2) is 11.2 Å². The van der Waals surface area contributed by atoms with Crippen LogP contribution < -0.4 is 0 Å². The maximum atomic E-state index is 5.65. The van der Waals surface area contributed by atoms with Crippen LogP contribution >= 0.6 is 23.4 Å². The third-order valence-electron chi connectivity index (χ3n) is 1.25. The fourth-order valence-corrected chi connectivity index (χ4v) is 1.47. The van der Waals surface area contributed by atoms with Gasteiger partial charge in [0.1, 0.15) is 5.15 Å². The molecule has 0 saturated carbocycles. The molecule has 0 bridgehead atoms. The first kappa shape index (κ1) is 7.89. The minimum Gasteiger partial charge on any atom is -0.243 e. The Balaban J connectivity index is 3.07. The molecule has 0 saturated heterocycles. The van der Waals surface area contributed by atoms with Gasteiger partial charge in [0.25, 0.3) is 0 Å². The van der Waals surface area contributed by atoms with Gasteiger partial charge in [-0.1, -0.05) is 11.6 Å². The van der Waals surface area contributed by atoms with Gasteiger partial charge in [-0.2, -0.15) is 0 Å². The third-order valence-corrected chi connectivity index (χ3v) is 2.32. The molecule has 0 aliphatic rings. The van der Waals surface area contributed by atoms with E-state index in [2.05, 4.69) is 4.98 Å². The van der Waals surface area contributed by atoms with Gasteiger partial charge in [-0.15, -0.1) is 11.8 Å². The van der Waals surface area contributed by atoms with Crippen LogP contribution in [0.15, 0.2) is 17.2 Å². The lowest BCUT2D eigenvalue weighted by Crippen LogP contribution is -1.81. The highest BCUT2D eigenvalue weighted by molar-refractivity contribution is 7.98. The van der Waals surface area contributed by atoms with Crippen molar-refractivity contribution in [3.05, 3.63) is 23.0 Å². The topological polar surface area (TPSA) is 12.9 Å². The number of halogens is 1. The van der Waals surface area contributed by atoms with Crippen molar-refractivity contribution in [2.24, 2.45) is 0 Å². The zero-order valence-corrected chi connectivity index (χ0v) is 7.46. The van der Waals surface area contributed by atoms with Gasteiger partial charge in [0.15, 0.2) is 0 Å². The van der Waals surface area contributed by atoms with E-state index in [0.717, 1.165) is 0 Å². The smallest absolute Gasteiger partial charge is 0.129 e. The Bertz CT molecular complexity index is 237. The summed E-state index contributed by atoms with van der Waals surface area (Å²) in [5.74, 6) is 0. The lowest BCUT2D eigenvalue weighted by atomic mass is 10.3. The summed E-state index contributed by atoms with van der Waals surface area (Å²) in [6, 6.07) is 1.87. The first-order valence-electron chi connectivity index (χ1n) is 2.90. The summed E-state index contributed by atoms with van der Waals surface area (Å²) in [6.45, 7) is 2.03. The molecule has 0 unspecified atom stereocenters. The van der Waals surface area contributed by atoms with Gasteiger partial charge >= 0.3 is 0 Å². The maximum Gasteiger partial charge on any atom is 0.129 e. The summed E-state index contributed by atoms with van der Waals surface area (Å²) in [7, 11) is 0. The van der Waals surface area contributed by atoms with Gasteiger partial charge in [0.2, 0.25) is 0 Å². The lowest BCUT2D eigenvalue weighted by molar-refractivity contribution is 1.18. The van der Waals surface area contributed by atoms with Crippen molar-refractivity contribution in [2.45, 2.75) is 11.8 Å². The van der Waals surface area contributed by atoms with Crippen LogP contribution in [0, 0.1) is 6.92 Å². The molecule has 1 aromatic heterocycles. The normalized spacial score (nSPS) is 9.90. The Morgan fingerprint density at radius 2 is 2.30 bits per heavy atom. The summed E-state index contributed by atoms with van der Waals surface area (Å²) in [4.78, 5) is 5.14. The maximum absolute atomic E-state index is 5.65. The molecule has 0 fully saturated rings. The molecule has 10 heavy (non-hydrogen) atoms. The van der Waals surface area contributed by atoms with Crippen LogP contribution in [0.2, 0.25) is 5.15 Å². The number of aryl methyl sites for hydroxylation is 1. The first-order chi connectivity index (χ1) is 4.74. The summed E-state index contributed by atoms with van der Waals surface area (Å²) >= 11 is 7.34. The molecule has 1 heterocycles. The average molecular weight is 174 g/mol. The van der Waals surface area contributed by atoms with Gasteiger partial charge in [-0.3, -0.25) is 0 Å². The number of aromatic nitrogens is 1. The standard InChI is InChI=1S/C7H8ClNS/c1-5-3-7(8)9-4-6(5)10-2/h3-4H,1-2H3. The molecule has 0 aliphatic heterocycles. The van der Waals surface area contributed by atoms with Crippen molar-refractivity contribution in [3.63, 3.8) is 0 Å². The third kappa shape index (κ3) is 1.64. The second-order valence-corrected chi connectivity index (χ2v) is 3.21. The zero-order chi connectivity index (χ0) is 7.56. The van der Waals surface area contributed by atoms with E-state index in [1.165, 1.54) is 10.5 Å². The summed E-state index contributed by atoms with van der Waals surface area (Å²) < 4.78 is 0. The van der Waals surface area contributed by atoms with E-state index >= 15 is 0 Å². The van der Waals surface area contributed by atoms with Gasteiger partial charge in [0.05, 0.1) is 0 Å². The van der Waals surface area contributed by atoms with Crippen LogP contribution in [0.3, 0.4) is 0 Å². The van der Waals surface area contributed by atoms with Crippen molar-refractivity contribution in [2.75, 3.05) is 6.26 Å². The van der Waals surface area contributed by atoms with Crippen molar-refractivity contribution >= 4 is 23.4 Å². The average Bonchev–Trinajstić information content (AvgIpc) is 1.88. The minimum atomic E-state index is 0.565. The highest BCUT2D eigenvalue weighted by Crippen LogP contribution is 2.20. The number of rotatable bonds is 1. The number of hydrogen-bond donors (Lipinski definition) is 0. The summed E-state index contributed by atoms with van der Waals surface area (Å²) in [5.41, 5.74) is 1.19. The molecular formula is C7H8ClNS. The molecule has 0 spiro atoms. The van der Waals surface area contributed by atoms with Crippen LogP contribution in [0.4, 0.5) is 0 Å². The molecule has 1 rings (SSSR count). The van der Waals surface area contributed by atoms with E-state index in [1.54, 1.807) is 18.0 Å². The number of pyridine rings is 1. The minimum absolute atomic E-state index is 0.565. The Morgan fingerprint density at radius 3 is 2.80 bits per heavy atom. The molecule has 3 heteroatoms. The SMILES string of the molecule is CSc1cnc(Cl)cc1C. The predicted octanol–water partition coefficient (Wildman–Crippen LogP) is 2.77. The van der Waals surface area contributed by atoms with E-state index in [9.17, 15) is 0 Å². The Hall–Kier alpha value is -0.210. The number of thioether (sulfide) groups is 1. The van der Waals surface area contributed by atoms with Crippen LogP contribution in [-0.2, 0) is 0 Å². The zero-order valence-electron chi connectivity index (χ0n) is 5.89. The Kier molecular flexibility index (Phi) is 2.57. The molecule has 54 valence electrons. The van der Waals surface area contributed by atoms with Crippen molar-refractivity contribution in [3.8, 4) is 0 Å². The highest BCUT2D eigenvalue weighted by atomic mass is 35.5. The molecule has 0 aromatic carbocycles. The molecule has 0 aliphatic carbocycles. The monoisotopic (exact) mass is 173 g/mol. The Morgan fingerprint density at radius 1 is 1.60 bits per heavy atom. The summed E-state index contributed by atoms with van der Waals surface area (Å²) in [6.07, 6.45) is 3.82. The van der Waals surface area contributed by atoms with Gasteiger partial charge in [-0.05, 0) is 24.8 Å². The fourth-order valence-electron chi connectivity index (χ4n) is 0.723. The van der Waals surface area contributed by atoms with Crippen molar-refractivity contribution in [1.82, 2.24) is 4.98 Å². The Labute approximate surface area is 69.8 Å². The molecule has 1 aromatic rings. The van der Waals surface area contributed by atoms with E-state index in [-0.39, 0.29) is 0 Å².